The molecule has 0 aliphatic carbocycles. The normalized spacial score (nSPS) is 15.8. The van der Waals surface area contributed by atoms with Crippen molar-refractivity contribution in [2.45, 2.75) is 19.9 Å². The van der Waals surface area contributed by atoms with Crippen molar-refractivity contribution < 1.29 is 23.8 Å². The number of halogens is 1. The fraction of sp³-hybridized carbons (Fsp3) is 0.143. The standard InChI is InChI=1S/C28H22BrNO5/c1-15-9-16(2)11-20(10-15)30-25(17-5-4-6-21(13-17)34-3)24(27(32)28(30)33)26(31)23-14-18-12-19(29)7-8-22(18)35-23/h4-14,25,32H,1-3H3. The van der Waals surface area contributed by atoms with Crippen molar-refractivity contribution in [2.24, 2.45) is 0 Å². The first-order valence-electron chi connectivity index (χ1n) is 11.0. The molecule has 176 valence electrons. The topological polar surface area (TPSA) is 80.0 Å². The summed E-state index contributed by atoms with van der Waals surface area (Å²) in [4.78, 5) is 28.7. The van der Waals surface area contributed by atoms with E-state index in [4.69, 9.17) is 9.15 Å². The number of aliphatic hydroxyl groups is 1. The number of hydrogen-bond donors (Lipinski definition) is 1. The molecule has 6 nitrogen and oxygen atoms in total. The van der Waals surface area contributed by atoms with Crippen LogP contribution in [0.4, 0.5) is 5.69 Å². The molecule has 1 aromatic heterocycles. The highest BCUT2D eigenvalue weighted by molar-refractivity contribution is 9.10. The number of amides is 1. The maximum atomic E-state index is 13.8. The van der Waals surface area contributed by atoms with Crippen LogP contribution >= 0.6 is 15.9 Å². The molecular formula is C28H22BrNO5. The van der Waals surface area contributed by atoms with Gasteiger partial charge >= 0.3 is 0 Å². The average Bonchev–Trinajstić information content (AvgIpc) is 3.36. The van der Waals surface area contributed by atoms with Crippen molar-refractivity contribution in [3.8, 4) is 5.75 Å². The Balaban J connectivity index is 1.69. The molecule has 0 fully saturated rings. The molecule has 1 aliphatic rings. The van der Waals surface area contributed by atoms with E-state index in [2.05, 4.69) is 15.9 Å². The van der Waals surface area contributed by atoms with Gasteiger partial charge in [0.25, 0.3) is 5.91 Å². The molecule has 1 amide bonds. The molecule has 0 spiro atoms. The summed E-state index contributed by atoms with van der Waals surface area (Å²) in [5.41, 5.74) is 3.62. The molecular weight excluding hydrogens is 510 g/mol. The van der Waals surface area contributed by atoms with E-state index in [0.29, 0.717) is 22.6 Å². The van der Waals surface area contributed by atoms with E-state index in [1.165, 1.54) is 4.90 Å². The van der Waals surface area contributed by atoms with E-state index in [1.54, 1.807) is 43.5 Å². The molecule has 1 unspecified atom stereocenters. The molecule has 0 bridgehead atoms. The highest BCUT2D eigenvalue weighted by Crippen LogP contribution is 2.43. The summed E-state index contributed by atoms with van der Waals surface area (Å²) in [6, 6.07) is 19.0. The molecule has 0 saturated heterocycles. The summed E-state index contributed by atoms with van der Waals surface area (Å²) in [6.45, 7) is 3.87. The second-order valence-electron chi connectivity index (χ2n) is 8.58. The Hall–Kier alpha value is -3.84. The van der Waals surface area contributed by atoms with Crippen LogP contribution in [0.1, 0.15) is 33.3 Å². The molecule has 1 atom stereocenters. The Morgan fingerprint density at radius 1 is 1.03 bits per heavy atom. The second-order valence-corrected chi connectivity index (χ2v) is 9.50. The number of hydrogen-bond acceptors (Lipinski definition) is 5. The van der Waals surface area contributed by atoms with Crippen LogP contribution in [0.5, 0.6) is 5.75 Å². The second kappa shape index (κ2) is 8.74. The number of carbonyl (C=O) groups excluding carboxylic acids is 2. The zero-order valence-electron chi connectivity index (χ0n) is 19.3. The first-order valence-corrected chi connectivity index (χ1v) is 11.8. The Morgan fingerprint density at radius 2 is 1.77 bits per heavy atom. The van der Waals surface area contributed by atoms with Gasteiger partial charge in [-0.3, -0.25) is 14.5 Å². The highest BCUT2D eigenvalue weighted by Gasteiger charge is 2.45. The third-order valence-electron chi connectivity index (χ3n) is 6.05. The van der Waals surface area contributed by atoms with Gasteiger partial charge in [-0.15, -0.1) is 0 Å². The van der Waals surface area contributed by atoms with Gasteiger partial charge < -0.3 is 14.3 Å². The number of fused-ring (bicyclic) bond motifs is 1. The summed E-state index contributed by atoms with van der Waals surface area (Å²) in [6.07, 6.45) is 0. The zero-order valence-corrected chi connectivity index (χ0v) is 20.9. The molecule has 1 aliphatic heterocycles. The van der Waals surface area contributed by atoms with Gasteiger partial charge in [0.2, 0.25) is 5.78 Å². The van der Waals surface area contributed by atoms with Gasteiger partial charge in [-0.25, -0.2) is 0 Å². The van der Waals surface area contributed by atoms with Crippen LogP contribution in [0.3, 0.4) is 0 Å². The number of ether oxygens (including phenoxy) is 1. The average molecular weight is 532 g/mol. The van der Waals surface area contributed by atoms with Crippen molar-refractivity contribution in [1.29, 1.82) is 0 Å². The number of rotatable bonds is 5. The lowest BCUT2D eigenvalue weighted by Gasteiger charge is -2.27. The fourth-order valence-corrected chi connectivity index (χ4v) is 4.96. The van der Waals surface area contributed by atoms with E-state index in [9.17, 15) is 14.7 Å². The lowest BCUT2D eigenvalue weighted by atomic mass is 9.94. The number of furan rings is 1. The van der Waals surface area contributed by atoms with Gasteiger partial charge in [-0.1, -0.05) is 34.1 Å². The Morgan fingerprint density at radius 3 is 2.49 bits per heavy atom. The summed E-state index contributed by atoms with van der Waals surface area (Å²) < 4.78 is 12.1. The molecule has 2 heterocycles. The predicted molar refractivity (Wildman–Crippen MR) is 137 cm³/mol. The fourth-order valence-electron chi connectivity index (χ4n) is 4.58. The van der Waals surface area contributed by atoms with Crippen LogP contribution in [-0.4, -0.2) is 23.9 Å². The summed E-state index contributed by atoms with van der Waals surface area (Å²) >= 11 is 3.42. The first kappa shape index (κ1) is 22.9. The van der Waals surface area contributed by atoms with E-state index in [0.717, 1.165) is 21.0 Å². The minimum Gasteiger partial charge on any atom is -0.503 e. The Bertz CT molecular complexity index is 1510. The molecule has 5 rings (SSSR count). The number of nitrogens with zero attached hydrogens (tertiary/aromatic N) is 1. The number of ketones is 1. The zero-order chi connectivity index (χ0) is 24.9. The van der Waals surface area contributed by atoms with Crippen molar-refractivity contribution >= 4 is 44.3 Å². The molecule has 3 aromatic carbocycles. The Labute approximate surface area is 210 Å². The van der Waals surface area contributed by atoms with Gasteiger partial charge in [0.1, 0.15) is 11.3 Å². The molecule has 0 radical (unpaired) electrons. The SMILES string of the molecule is COc1cccc(C2C(C(=O)c3cc4cc(Br)ccc4o3)=C(O)C(=O)N2c2cc(C)cc(C)c2)c1. The highest BCUT2D eigenvalue weighted by atomic mass is 79.9. The molecule has 4 aromatic rings. The molecule has 1 N–H and O–H groups in total. The summed E-state index contributed by atoms with van der Waals surface area (Å²) in [5, 5.41) is 11.8. The number of carbonyl (C=O) groups is 2. The van der Waals surface area contributed by atoms with Gasteiger partial charge in [-0.2, -0.15) is 0 Å². The van der Waals surface area contributed by atoms with Crippen molar-refractivity contribution in [3.63, 3.8) is 0 Å². The van der Waals surface area contributed by atoms with E-state index in [1.807, 2.05) is 44.2 Å². The van der Waals surface area contributed by atoms with Gasteiger partial charge in [-0.05, 0) is 79.1 Å². The summed E-state index contributed by atoms with van der Waals surface area (Å²) in [5.74, 6) is -1.18. The van der Waals surface area contributed by atoms with Crippen LogP contribution in [0.15, 0.2) is 87.0 Å². The monoisotopic (exact) mass is 531 g/mol. The minimum absolute atomic E-state index is 0.0412. The van der Waals surface area contributed by atoms with E-state index >= 15 is 0 Å². The van der Waals surface area contributed by atoms with Crippen LogP contribution in [0.2, 0.25) is 0 Å². The number of aliphatic hydroxyl groups excluding tert-OH is 1. The predicted octanol–water partition coefficient (Wildman–Crippen LogP) is 6.60. The number of benzene rings is 3. The molecule has 7 heteroatoms. The molecule has 35 heavy (non-hydrogen) atoms. The van der Waals surface area contributed by atoms with Crippen LogP contribution < -0.4 is 9.64 Å². The number of methoxy groups -OCH3 is 1. The van der Waals surface area contributed by atoms with Crippen molar-refractivity contribution in [3.05, 3.63) is 105 Å². The van der Waals surface area contributed by atoms with E-state index < -0.39 is 23.5 Å². The summed E-state index contributed by atoms with van der Waals surface area (Å²) in [7, 11) is 1.55. The van der Waals surface area contributed by atoms with Gasteiger partial charge in [0.15, 0.2) is 11.5 Å². The number of Topliss-reactive ketones (excluding diaryl/α,β-unsaturated/α-hetero) is 1. The third-order valence-corrected chi connectivity index (χ3v) is 6.54. The maximum Gasteiger partial charge on any atom is 0.294 e. The van der Waals surface area contributed by atoms with E-state index in [-0.39, 0.29) is 11.3 Å². The van der Waals surface area contributed by atoms with Crippen molar-refractivity contribution in [2.75, 3.05) is 12.0 Å². The number of anilines is 1. The largest absolute Gasteiger partial charge is 0.503 e. The Kier molecular flexibility index (Phi) is 5.73. The quantitative estimate of drug-likeness (QED) is 0.293. The number of aryl methyl sites for hydroxylation is 2. The van der Waals surface area contributed by atoms with Gasteiger partial charge in [0, 0.05) is 15.5 Å². The van der Waals surface area contributed by atoms with Crippen LogP contribution in [0.25, 0.3) is 11.0 Å². The van der Waals surface area contributed by atoms with Crippen LogP contribution in [-0.2, 0) is 4.79 Å². The smallest absolute Gasteiger partial charge is 0.294 e. The lowest BCUT2D eigenvalue weighted by molar-refractivity contribution is -0.117. The first-order chi connectivity index (χ1) is 16.8. The lowest BCUT2D eigenvalue weighted by Crippen LogP contribution is -2.31. The third kappa shape index (κ3) is 4.02. The maximum absolute atomic E-state index is 13.8. The molecule has 0 saturated carbocycles. The minimum atomic E-state index is -0.869. The van der Waals surface area contributed by atoms with Crippen molar-refractivity contribution in [1.82, 2.24) is 0 Å². The van der Waals surface area contributed by atoms with Gasteiger partial charge in [0.05, 0.1) is 18.7 Å². The van der Waals surface area contributed by atoms with Crippen LogP contribution in [0, 0.1) is 13.8 Å².